The molecule has 3 rings (SSSR count). The fraction of sp³-hybridized carbons (Fsp3) is 0. The summed E-state index contributed by atoms with van der Waals surface area (Å²) in [6, 6.07) is 6.77. The zero-order valence-electron chi connectivity index (χ0n) is 11.1. The number of fused-ring (bicyclic) bond motifs is 1. The first-order valence-corrected chi connectivity index (χ1v) is 6.31. The molecule has 0 aliphatic carbocycles. The quantitative estimate of drug-likeness (QED) is 0.662. The number of aromatic hydroxyl groups is 1. The van der Waals surface area contributed by atoms with Gasteiger partial charge in [0.2, 0.25) is 0 Å². The molecule has 1 aliphatic rings. The van der Waals surface area contributed by atoms with Crippen molar-refractivity contribution in [2.24, 2.45) is 0 Å². The Kier molecular flexibility index (Phi) is 3.21. The molecule has 0 unspecified atom stereocenters. The molecule has 2 aromatic carbocycles. The highest BCUT2D eigenvalue weighted by molar-refractivity contribution is 6.35. The van der Waals surface area contributed by atoms with Crippen molar-refractivity contribution in [1.29, 1.82) is 0 Å². The standard InChI is InChI=1S/C16H9F2NO3/c17-8-1-4-14-11(5-8)12(16(22)19-14)7-15(21)10-3-2-9(20)6-13(10)18/h1-7,20H,(H,19,22)/b12-7+. The summed E-state index contributed by atoms with van der Waals surface area (Å²) in [6.45, 7) is 0. The maximum atomic E-state index is 13.7. The third-order valence-electron chi connectivity index (χ3n) is 3.26. The molecule has 0 aromatic heterocycles. The first-order chi connectivity index (χ1) is 10.5. The summed E-state index contributed by atoms with van der Waals surface area (Å²) in [7, 11) is 0. The number of halogens is 2. The minimum Gasteiger partial charge on any atom is -0.508 e. The lowest BCUT2D eigenvalue weighted by molar-refractivity contribution is -0.110. The van der Waals surface area contributed by atoms with Crippen LogP contribution >= 0.6 is 0 Å². The number of nitrogens with one attached hydrogen (secondary N) is 1. The van der Waals surface area contributed by atoms with Crippen LogP contribution in [0.2, 0.25) is 0 Å². The summed E-state index contributed by atoms with van der Waals surface area (Å²) in [5.41, 5.74) is 0.309. The molecule has 1 aliphatic heterocycles. The normalized spacial score (nSPS) is 14.8. The van der Waals surface area contributed by atoms with Gasteiger partial charge < -0.3 is 10.4 Å². The van der Waals surface area contributed by atoms with E-state index in [0.29, 0.717) is 5.69 Å². The van der Waals surface area contributed by atoms with Gasteiger partial charge in [0.25, 0.3) is 5.91 Å². The number of rotatable bonds is 2. The van der Waals surface area contributed by atoms with Crippen LogP contribution in [0.4, 0.5) is 14.5 Å². The van der Waals surface area contributed by atoms with Gasteiger partial charge in [0, 0.05) is 17.3 Å². The Labute approximate surface area is 123 Å². The van der Waals surface area contributed by atoms with Crippen LogP contribution in [0.3, 0.4) is 0 Å². The molecule has 0 atom stereocenters. The van der Waals surface area contributed by atoms with E-state index in [4.69, 9.17) is 5.11 Å². The number of benzene rings is 2. The van der Waals surface area contributed by atoms with Gasteiger partial charge in [-0.3, -0.25) is 9.59 Å². The Morgan fingerprint density at radius 2 is 1.91 bits per heavy atom. The van der Waals surface area contributed by atoms with E-state index in [-0.39, 0.29) is 22.4 Å². The minimum atomic E-state index is -0.903. The number of hydrogen-bond acceptors (Lipinski definition) is 3. The van der Waals surface area contributed by atoms with Crippen LogP contribution in [0.15, 0.2) is 42.5 Å². The van der Waals surface area contributed by atoms with Crippen molar-refractivity contribution in [2.75, 3.05) is 5.32 Å². The van der Waals surface area contributed by atoms with Crippen molar-refractivity contribution >= 4 is 23.0 Å². The van der Waals surface area contributed by atoms with E-state index in [0.717, 1.165) is 30.3 Å². The predicted octanol–water partition coefficient (Wildman–Crippen LogP) is 2.89. The third kappa shape index (κ3) is 2.35. The molecule has 2 N–H and O–H groups in total. The van der Waals surface area contributed by atoms with E-state index in [2.05, 4.69) is 5.32 Å². The molecular weight excluding hydrogens is 292 g/mol. The van der Waals surface area contributed by atoms with Crippen LogP contribution in [0, 0.1) is 11.6 Å². The monoisotopic (exact) mass is 301 g/mol. The van der Waals surface area contributed by atoms with E-state index < -0.39 is 23.3 Å². The maximum Gasteiger partial charge on any atom is 0.256 e. The molecule has 0 saturated carbocycles. The van der Waals surface area contributed by atoms with Crippen LogP contribution in [0.5, 0.6) is 5.75 Å². The van der Waals surface area contributed by atoms with Gasteiger partial charge >= 0.3 is 0 Å². The zero-order valence-corrected chi connectivity index (χ0v) is 11.1. The third-order valence-corrected chi connectivity index (χ3v) is 3.26. The number of phenols is 1. The smallest absolute Gasteiger partial charge is 0.256 e. The number of phenolic OH excluding ortho intramolecular Hbond substituents is 1. The molecular formula is C16H9F2NO3. The van der Waals surface area contributed by atoms with Gasteiger partial charge in [-0.2, -0.15) is 0 Å². The molecule has 1 heterocycles. The van der Waals surface area contributed by atoms with Gasteiger partial charge in [-0.15, -0.1) is 0 Å². The van der Waals surface area contributed by atoms with Gasteiger partial charge in [-0.05, 0) is 36.4 Å². The lowest BCUT2D eigenvalue weighted by Gasteiger charge is -2.01. The van der Waals surface area contributed by atoms with Gasteiger partial charge in [0.05, 0.1) is 11.1 Å². The van der Waals surface area contributed by atoms with E-state index >= 15 is 0 Å². The molecule has 0 spiro atoms. The van der Waals surface area contributed by atoms with Gasteiger partial charge in [-0.25, -0.2) is 8.78 Å². The van der Waals surface area contributed by atoms with Crippen LogP contribution < -0.4 is 5.32 Å². The van der Waals surface area contributed by atoms with Crippen molar-refractivity contribution < 1.29 is 23.5 Å². The highest BCUT2D eigenvalue weighted by atomic mass is 19.1. The van der Waals surface area contributed by atoms with E-state index in [1.54, 1.807) is 0 Å². The molecule has 4 nitrogen and oxygen atoms in total. The summed E-state index contributed by atoms with van der Waals surface area (Å²) in [6.07, 6.45) is 0.954. The maximum absolute atomic E-state index is 13.7. The van der Waals surface area contributed by atoms with E-state index in [1.807, 2.05) is 0 Å². The van der Waals surface area contributed by atoms with Crippen molar-refractivity contribution in [3.8, 4) is 5.75 Å². The Balaban J connectivity index is 2.04. The summed E-state index contributed by atoms with van der Waals surface area (Å²) < 4.78 is 27.0. The van der Waals surface area contributed by atoms with Gasteiger partial charge in [0.15, 0.2) is 5.78 Å². The van der Waals surface area contributed by atoms with Gasteiger partial charge in [0.1, 0.15) is 17.4 Å². The number of amides is 1. The number of carbonyl (C=O) groups is 2. The van der Waals surface area contributed by atoms with Crippen LogP contribution in [0.1, 0.15) is 15.9 Å². The first-order valence-electron chi connectivity index (χ1n) is 6.31. The topological polar surface area (TPSA) is 66.4 Å². The second-order valence-electron chi connectivity index (χ2n) is 4.73. The Morgan fingerprint density at radius 1 is 1.14 bits per heavy atom. The lowest BCUT2D eigenvalue weighted by Crippen LogP contribution is -2.06. The number of carbonyl (C=O) groups excluding carboxylic acids is 2. The van der Waals surface area contributed by atoms with Crippen molar-refractivity contribution in [3.63, 3.8) is 0 Å². The second kappa shape index (κ2) is 5.07. The second-order valence-corrected chi connectivity index (χ2v) is 4.73. The van der Waals surface area contributed by atoms with Crippen LogP contribution in [-0.2, 0) is 4.79 Å². The Hall–Kier alpha value is -3.02. The summed E-state index contributed by atoms with van der Waals surface area (Å²) in [4.78, 5) is 24.0. The molecule has 2 aromatic rings. The van der Waals surface area contributed by atoms with Crippen molar-refractivity contribution in [2.45, 2.75) is 0 Å². The van der Waals surface area contributed by atoms with E-state index in [9.17, 15) is 18.4 Å². The fourth-order valence-corrected chi connectivity index (χ4v) is 2.22. The summed E-state index contributed by atoms with van der Waals surface area (Å²) in [5, 5.41) is 11.6. The number of anilines is 1. The lowest BCUT2D eigenvalue weighted by atomic mass is 10.0. The van der Waals surface area contributed by atoms with Crippen molar-refractivity contribution in [3.05, 3.63) is 65.2 Å². The molecule has 6 heteroatoms. The number of allylic oxidation sites excluding steroid dienone is 1. The van der Waals surface area contributed by atoms with Crippen molar-refractivity contribution in [1.82, 2.24) is 0 Å². The molecule has 0 radical (unpaired) electrons. The summed E-state index contributed by atoms with van der Waals surface area (Å²) in [5.74, 6) is -3.08. The molecule has 0 saturated heterocycles. The minimum absolute atomic E-state index is 0.0352. The molecule has 0 bridgehead atoms. The zero-order chi connectivity index (χ0) is 15.9. The predicted molar refractivity (Wildman–Crippen MR) is 75.4 cm³/mol. The molecule has 22 heavy (non-hydrogen) atoms. The van der Waals surface area contributed by atoms with E-state index in [1.165, 1.54) is 12.1 Å². The SMILES string of the molecule is O=C1Nc2ccc(F)cc2/C1=C\C(=O)c1ccc(O)cc1F. The molecule has 110 valence electrons. The van der Waals surface area contributed by atoms with Crippen LogP contribution in [0.25, 0.3) is 5.57 Å². The molecule has 0 fully saturated rings. The first kappa shape index (κ1) is 13.9. The highest BCUT2D eigenvalue weighted by Gasteiger charge is 2.26. The molecule has 1 amide bonds. The average molecular weight is 301 g/mol. The average Bonchev–Trinajstić information content (AvgIpc) is 2.75. The Morgan fingerprint density at radius 3 is 2.64 bits per heavy atom. The van der Waals surface area contributed by atoms with Gasteiger partial charge in [-0.1, -0.05) is 0 Å². The fourth-order valence-electron chi connectivity index (χ4n) is 2.22. The highest BCUT2D eigenvalue weighted by Crippen LogP contribution is 2.32. The van der Waals surface area contributed by atoms with Crippen LogP contribution in [-0.4, -0.2) is 16.8 Å². The Bertz CT molecular complexity index is 843. The number of hydrogen-bond donors (Lipinski definition) is 2. The largest absolute Gasteiger partial charge is 0.508 e. The number of ketones is 1. The summed E-state index contributed by atoms with van der Waals surface area (Å²) >= 11 is 0.